The topological polar surface area (TPSA) is 12.0 Å². The average molecular weight is 292 g/mol. The third-order valence-electron chi connectivity index (χ3n) is 3.41. The van der Waals surface area contributed by atoms with Gasteiger partial charge in [-0.05, 0) is 36.7 Å². The van der Waals surface area contributed by atoms with E-state index in [1.807, 2.05) is 7.05 Å². The van der Waals surface area contributed by atoms with Crippen LogP contribution in [0, 0.1) is 5.82 Å². The Balaban J connectivity index is 2.31. The number of aryl methyl sites for hydroxylation is 1. The first kappa shape index (κ1) is 15.0. The Bertz CT molecular complexity index is 566. The van der Waals surface area contributed by atoms with Crippen molar-refractivity contribution in [2.24, 2.45) is 0 Å². The van der Waals surface area contributed by atoms with Crippen LogP contribution in [0.25, 0.3) is 0 Å². The van der Waals surface area contributed by atoms with Crippen molar-refractivity contribution in [2.75, 3.05) is 7.05 Å². The van der Waals surface area contributed by atoms with Gasteiger partial charge in [0.1, 0.15) is 5.82 Å². The molecule has 1 atom stereocenters. The second kappa shape index (κ2) is 6.87. The summed E-state index contributed by atoms with van der Waals surface area (Å²) in [4.78, 5) is 0. The number of rotatable bonds is 5. The van der Waals surface area contributed by atoms with Crippen LogP contribution in [-0.4, -0.2) is 7.05 Å². The van der Waals surface area contributed by atoms with E-state index in [1.54, 1.807) is 12.1 Å². The molecule has 1 N–H and O–H groups in total. The number of halogens is 2. The zero-order chi connectivity index (χ0) is 14.5. The number of hydrogen-bond acceptors (Lipinski definition) is 1. The van der Waals surface area contributed by atoms with Crippen molar-refractivity contribution in [2.45, 2.75) is 25.8 Å². The van der Waals surface area contributed by atoms with Crippen LogP contribution in [0.3, 0.4) is 0 Å². The highest BCUT2D eigenvalue weighted by atomic mass is 35.5. The minimum Gasteiger partial charge on any atom is -0.309 e. The Morgan fingerprint density at radius 2 is 1.85 bits per heavy atom. The van der Waals surface area contributed by atoms with E-state index >= 15 is 0 Å². The summed E-state index contributed by atoms with van der Waals surface area (Å²) in [5.74, 6) is -0.283. The van der Waals surface area contributed by atoms with Gasteiger partial charge in [-0.2, -0.15) is 0 Å². The maximum atomic E-state index is 14.0. The zero-order valence-electron chi connectivity index (χ0n) is 11.8. The van der Waals surface area contributed by atoms with Crippen LogP contribution < -0.4 is 5.32 Å². The highest BCUT2D eigenvalue weighted by molar-refractivity contribution is 6.30. The van der Waals surface area contributed by atoms with Crippen molar-refractivity contribution < 1.29 is 4.39 Å². The maximum Gasteiger partial charge on any atom is 0.129 e. The van der Waals surface area contributed by atoms with Gasteiger partial charge < -0.3 is 5.32 Å². The van der Waals surface area contributed by atoms with Gasteiger partial charge in [-0.25, -0.2) is 4.39 Å². The number of nitrogens with one attached hydrogen (secondary N) is 1. The molecule has 0 aromatic heterocycles. The summed E-state index contributed by atoms with van der Waals surface area (Å²) in [6, 6.07) is 13.0. The van der Waals surface area contributed by atoms with Gasteiger partial charge in [-0.15, -0.1) is 0 Å². The van der Waals surface area contributed by atoms with Crippen molar-refractivity contribution in [1.82, 2.24) is 5.32 Å². The fourth-order valence-corrected chi connectivity index (χ4v) is 2.56. The van der Waals surface area contributed by atoms with E-state index in [2.05, 4.69) is 36.5 Å². The molecule has 0 aliphatic heterocycles. The molecule has 1 nitrogen and oxygen atoms in total. The summed E-state index contributed by atoms with van der Waals surface area (Å²) in [6.45, 7) is 2.16. The fraction of sp³-hybridized carbons (Fsp3) is 0.294. The molecule has 1 unspecified atom stereocenters. The first-order valence-corrected chi connectivity index (χ1v) is 7.24. The largest absolute Gasteiger partial charge is 0.309 e. The predicted octanol–water partition coefficient (Wildman–Crippen LogP) is 4.74. The van der Waals surface area contributed by atoms with Crippen molar-refractivity contribution in [3.05, 3.63) is 70.0 Å². The van der Waals surface area contributed by atoms with E-state index in [9.17, 15) is 4.39 Å². The first-order valence-electron chi connectivity index (χ1n) is 6.86. The van der Waals surface area contributed by atoms with E-state index in [-0.39, 0.29) is 11.9 Å². The Morgan fingerprint density at radius 1 is 1.15 bits per heavy atom. The third-order valence-corrected chi connectivity index (χ3v) is 3.65. The molecule has 0 saturated heterocycles. The third kappa shape index (κ3) is 3.38. The molecular formula is C17H19ClFN. The molecule has 2 rings (SSSR count). The molecule has 0 amide bonds. The van der Waals surface area contributed by atoms with E-state index in [1.165, 1.54) is 11.6 Å². The van der Waals surface area contributed by atoms with E-state index in [0.717, 1.165) is 18.4 Å². The standard InChI is InChI=1S/C17H19ClFN/c1-3-4-12-5-7-13(8-6-12)17(20-2)15-10-9-14(18)11-16(15)19/h5-11,17,20H,3-4H2,1-2H3. The molecule has 0 fully saturated rings. The Labute approximate surface area is 124 Å². The monoisotopic (exact) mass is 291 g/mol. The normalized spacial score (nSPS) is 12.4. The van der Waals surface area contributed by atoms with E-state index < -0.39 is 0 Å². The molecule has 0 aliphatic carbocycles. The SMILES string of the molecule is CCCc1ccc(C(NC)c2ccc(Cl)cc2F)cc1. The van der Waals surface area contributed by atoms with Crippen LogP contribution in [0.5, 0.6) is 0 Å². The summed E-state index contributed by atoms with van der Waals surface area (Å²) >= 11 is 5.81. The van der Waals surface area contributed by atoms with Gasteiger partial charge in [0.15, 0.2) is 0 Å². The molecule has 2 aromatic carbocycles. The molecule has 0 radical (unpaired) electrons. The summed E-state index contributed by atoms with van der Waals surface area (Å²) in [5, 5.41) is 3.58. The van der Waals surface area contributed by atoms with Crippen molar-refractivity contribution in [1.29, 1.82) is 0 Å². The molecule has 0 heterocycles. The Kier molecular flexibility index (Phi) is 5.16. The van der Waals surface area contributed by atoms with E-state index in [0.29, 0.717) is 10.6 Å². The first-order chi connectivity index (χ1) is 9.65. The summed E-state index contributed by atoms with van der Waals surface area (Å²) in [6.07, 6.45) is 2.19. The average Bonchev–Trinajstić information content (AvgIpc) is 2.44. The second-order valence-corrected chi connectivity index (χ2v) is 5.32. The van der Waals surface area contributed by atoms with Gasteiger partial charge in [-0.1, -0.05) is 55.3 Å². The van der Waals surface area contributed by atoms with Crippen molar-refractivity contribution in [3.63, 3.8) is 0 Å². The van der Waals surface area contributed by atoms with E-state index in [4.69, 9.17) is 11.6 Å². The van der Waals surface area contributed by atoms with Crippen molar-refractivity contribution in [3.8, 4) is 0 Å². The van der Waals surface area contributed by atoms with Crippen LogP contribution >= 0.6 is 11.6 Å². The molecule has 0 bridgehead atoms. The molecule has 20 heavy (non-hydrogen) atoms. The maximum absolute atomic E-state index is 14.0. The summed E-state index contributed by atoms with van der Waals surface area (Å²) in [5.41, 5.74) is 2.97. The summed E-state index contributed by atoms with van der Waals surface area (Å²) in [7, 11) is 1.83. The number of benzene rings is 2. The van der Waals surface area contributed by atoms with Crippen LogP contribution in [0.1, 0.15) is 36.1 Å². The Morgan fingerprint density at radius 3 is 2.40 bits per heavy atom. The van der Waals surface area contributed by atoms with Gasteiger partial charge in [-0.3, -0.25) is 0 Å². The molecule has 106 valence electrons. The molecule has 0 aliphatic rings. The van der Waals surface area contributed by atoms with Crippen molar-refractivity contribution >= 4 is 11.6 Å². The highest BCUT2D eigenvalue weighted by Crippen LogP contribution is 2.26. The van der Waals surface area contributed by atoms with Crippen LogP contribution in [-0.2, 0) is 6.42 Å². The smallest absolute Gasteiger partial charge is 0.129 e. The van der Waals surface area contributed by atoms with Crippen LogP contribution in [0.4, 0.5) is 4.39 Å². The molecule has 0 spiro atoms. The second-order valence-electron chi connectivity index (χ2n) is 4.88. The lowest BCUT2D eigenvalue weighted by Crippen LogP contribution is -2.19. The van der Waals surface area contributed by atoms with Gasteiger partial charge in [0.05, 0.1) is 6.04 Å². The van der Waals surface area contributed by atoms with Gasteiger partial charge >= 0.3 is 0 Å². The lowest BCUT2D eigenvalue weighted by molar-refractivity contribution is 0.576. The van der Waals surface area contributed by atoms with Crippen LogP contribution in [0.2, 0.25) is 5.02 Å². The van der Waals surface area contributed by atoms with Gasteiger partial charge in [0.25, 0.3) is 0 Å². The lowest BCUT2D eigenvalue weighted by Gasteiger charge is -2.18. The lowest BCUT2D eigenvalue weighted by atomic mass is 9.96. The quantitative estimate of drug-likeness (QED) is 0.839. The molecular weight excluding hydrogens is 273 g/mol. The molecule has 2 aromatic rings. The minimum atomic E-state index is -0.283. The zero-order valence-corrected chi connectivity index (χ0v) is 12.5. The predicted molar refractivity (Wildman–Crippen MR) is 82.7 cm³/mol. The summed E-state index contributed by atoms with van der Waals surface area (Å²) < 4.78 is 14.0. The highest BCUT2D eigenvalue weighted by Gasteiger charge is 2.16. The Hall–Kier alpha value is -1.38. The van der Waals surface area contributed by atoms with Crippen LogP contribution in [0.15, 0.2) is 42.5 Å². The fourth-order valence-electron chi connectivity index (χ4n) is 2.40. The molecule has 3 heteroatoms. The number of hydrogen-bond donors (Lipinski definition) is 1. The van der Waals surface area contributed by atoms with Gasteiger partial charge in [0, 0.05) is 10.6 Å². The minimum absolute atomic E-state index is 0.164. The molecule has 0 saturated carbocycles. The van der Waals surface area contributed by atoms with Gasteiger partial charge in [0.2, 0.25) is 0 Å².